The van der Waals surface area contributed by atoms with Gasteiger partial charge in [-0.3, -0.25) is 19.5 Å². The van der Waals surface area contributed by atoms with Crippen molar-refractivity contribution in [1.29, 1.82) is 0 Å². The summed E-state index contributed by atoms with van der Waals surface area (Å²) in [6.07, 6.45) is 5.45. The first-order valence-corrected chi connectivity index (χ1v) is 8.09. The number of nitrogens with zero attached hydrogens (tertiary/aromatic N) is 2. The summed E-state index contributed by atoms with van der Waals surface area (Å²) >= 11 is 0. The van der Waals surface area contributed by atoms with Crippen LogP contribution in [-0.4, -0.2) is 38.1 Å². The summed E-state index contributed by atoms with van der Waals surface area (Å²) in [5.41, 5.74) is 0.540. The molecule has 24 heavy (non-hydrogen) atoms. The number of aromatic amines is 1. The molecule has 0 bridgehead atoms. The Morgan fingerprint density at radius 2 is 2.08 bits per heavy atom. The van der Waals surface area contributed by atoms with Crippen LogP contribution < -0.4 is 10.7 Å². The molecule has 1 aliphatic carbocycles. The molecule has 2 heterocycles. The number of rotatable bonds is 4. The molecule has 0 aromatic carbocycles. The molecule has 3 rings (SSSR count). The number of hydrogen-bond donors (Lipinski definition) is 3. The van der Waals surface area contributed by atoms with Gasteiger partial charge in [0.25, 0.3) is 5.91 Å². The number of carbonyl (C=O) groups is 2. The molecule has 1 amide bonds. The Morgan fingerprint density at radius 3 is 2.75 bits per heavy atom. The molecule has 2 aromatic heterocycles. The predicted octanol–water partition coefficient (Wildman–Crippen LogP) is 1.19. The molecule has 0 unspecified atom stereocenters. The van der Waals surface area contributed by atoms with Gasteiger partial charge in [0.05, 0.1) is 0 Å². The van der Waals surface area contributed by atoms with Gasteiger partial charge in [0, 0.05) is 17.7 Å². The maximum atomic E-state index is 12.5. The van der Waals surface area contributed by atoms with Crippen LogP contribution in [0.1, 0.15) is 59.9 Å². The Hall–Kier alpha value is -2.64. The summed E-state index contributed by atoms with van der Waals surface area (Å²) in [5, 5.41) is 14.0. The lowest BCUT2D eigenvalue weighted by atomic mass is 9.86. The molecule has 0 spiro atoms. The minimum atomic E-state index is -1.17. The fourth-order valence-corrected chi connectivity index (χ4v) is 3.34. The molecular weight excluding hydrogens is 312 g/mol. The zero-order valence-electron chi connectivity index (χ0n) is 13.5. The zero-order valence-corrected chi connectivity index (χ0v) is 13.5. The van der Waals surface area contributed by atoms with E-state index in [0.29, 0.717) is 5.82 Å². The van der Waals surface area contributed by atoms with E-state index in [4.69, 9.17) is 5.11 Å². The van der Waals surface area contributed by atoms with E-state index in [1.54, 1.807) is 11.4 Å². The fourth-order valence-electron chi connectivity index (χ4n) is 3.34. The third-order valence-corrected chi connectivity index (χ3v) is 4.42. The van der Waals surface area contributed by atoms with Crippen molar-refractivity contribution in [3.8, 4) is 0 Å². The van der Waals surface area contributed by atoms with Crippen molar-refractivity contribution in [2.45, 2.75) is 44.9 Å². The second-order valence-electron chi connectivity index (χ2n) is 6.19. The lowest BCUT2D eigenvalue weighted by Crippen LogP contribution is -2.33. The standard InChI is InChI=1S/C16H20N4O4/c1-9-18-15-14(16(24)17-8-13(22)23)12(21)7-11(20(15)19-9)10-5-3-2-4-6-10/h7,10H,2-6,8H2,1H3,(H,17,24)(H,18,19)(H,22,23). The number of amides is 1. The van der Waals surface area contributed by atoms with Crippen molar-refractivity contribution in [1.82, 2.24) is 19.9 Å². The third-order valence-electron chi connectivity index (χ3n) is 4.42. The van der Waals surface area contributed by atoms with Crippen molar-refractivity contribution in [3.05, 3.63) is 33.4 Å². The van der Waals surface area contributed by atoms with Crippen LogP contribution in [0.5, 0.6) is 0 Å². The quantitative estimate of drug-likeness (QED) is 0.777. The van der Waals surface area contributed by atoms with E-state index in [0.717, 1.165) is 31.4 Å². The number of carboxylic acids is 1. The molecule has 0 radical (unpaired) electrons. The van der Waals surface area contributed by atoms with Gasteiger partial charge in [-0.25, -0.2) is 9.50 Å². The van der Waals surface area contributed by atoms with Gasteiger partial charge in [0.15, 0.2) is 11.1 Å². The lowest BCUT2D eigenvalue weighted by molar-refractivity contribution is -0.135. The summed E-state index contributed by atoms with van der Waals surface area (Å²) in [6, 6.07) is 1.48. The van der Waals surface area contributed by atoms with Crippen molar-refractivity contribution < 1.29 is 14.7 Å². The molecule has 2 aromatic rings. The lowest BCUT2D eigenvalue weighted by Gasteiger charge is -2.22. The monoisotopic (exact) mass is 332 g/mol. The van der Waals surface area contributed by atoms with Crippen LogP contribution in [0.2, 0.25) is 0 Å². The normalized spacial score (nSPS) is 15.5. The highest BCUT2D eigenvalue weighted by Gasteiger charge is 2.24. The maximum Gasteiger partial charge on any atom is 0.322 e. The van der Waals surface area contributed by atoms with Crippen LogP contribution in [0.25, 0.3) is 5.65 Å². The molecule has 8 nitrogen and oxygen atoms in total. The highest BCUT2D eigenvalue weighted by molar-refractivity contribution is 6.00. The number of aliphatic carboxylic acids is 1. The van der Waals surface area contributed by atoms with E-state index in [-0.39, 0.29) is 17.1 Å². The van der Waals surface area contributed by atoms with Gasteiger partial charge in [0.1, 0.15) is 17.9 Å². The Morgan fingerprint density at radius 1 is 1.38 bits per heavy atom. The SMILES string of the molecule is Cc1nc2c(C(=O)NCC(=O)O)c(=O)cc(C3CCCCC3)n2[nH]1. The van der Waals surface area contributed by atoms with Crippen LogP contribution in [-0.2, 0) is 4.79 Å². The first-order chi connectivity index (χ1) is 11.5. The first-order valence-electron chi connectivity index (χ1n) is 8.09. The van der Waals surface area contributed by atoms with Gasteiger partial charge in [-0.15, -0.1) is 0 Å². The number of aromatic nitrogens is 3. The first kappa shape index (κ1) is 16.2. The Kier molecular flexibility index (Phi) is 4.37. The van der Waals surface area contributed by atoms with E-state index in [9.17, 15) is 14.4 Å². The van der Waals surface area contributed by atoms with E-state index >= 15 is 0 Å². The fraction of sp³-hybridized carbons (Fsp3) is 0.500. The highest BCUT2D eigenvalue weighted by Crippen LogP contribution is 2.32. The molecule has 0 saturated heterocycles. The number of hydrogen-bond acceptors (Lipinski definition) is 4. The predicted molar refractivity (Wildman–Crippen MR) is 86.3 cm³/mol. The number of aryl methyl sites for hydroxylation is 1. The Balaban J connectivity index is 2.08. The van der Waals surface area contributed by atoms with Crippen LogP contribution in [0, 0.1) is 6.92 Å². The molecule has 1 saturated carbocycles. The third kappa shape index (κ3) is 3.04. The maximum absolute atomic E-state index is 12.5. The van der Waals surface area contributed by atoms with Gasteiger partial charge >= 0.3 is 5.97 Å². The summed E-state index contributed by atoms with van der Waals surface area (Å²) < 4.78 is 1.70. The molecule has 3 N–H and O–H groups in total. The highest BCUT2D eigenvalue weighted by atomic mass is 16.4. The molecule has 8 heteroatoms. The average molecular weight is 332 g/mol. The number of carbonyl (C=O) groups excluding carboxylic acids is 1. The minimum Gasteiger partial charge on any atom is -0.480 e. The zero-order chi connectivity index (χ0) is 17.3. The summed E-state index contributed by atoms with van der Waals surface area (Å²) in [6.45, 7) is 1.21. The van der Waals surface area contributed by atoms with Crippen LogP contribution in [0.3, 0.4) is 0 Å². The van der Waals surface area contributed by atoms with E-state index in [2.05, 4.69) is 15.4 Å². The second-order valence-corrected chi connectivity index (χ2v) is 6.19. The number of H-pyrrole nitrogens is 1. The topological polar surface area (TPSA) is 117 Å². The molecule has 0 aliphatic heterocycles. The van der Waals surface area contributed by atoms with Crippen LogP contribution in [0.15, 0.2) is 10.9 Å². The van der Waals surface area contributed by atoms with Crippen molar-refractivity contribution in [2.75, 3.05) is 6.54 Å². The number of fused-ring (bicyclic) bond motifs is 1. The van der Waals surface area contributed by atoms with Gasteiger partial charge in [-0.1, -0.05) is 19.3 Å². The smallest absolute Gasteiger partial charge is 0.322 e. The van der Waals surface area contributed by atoms with Crippen LogP contribution in [0.4, 0.5) is 0 Å². The van der Waals surface area contributed by atoms with Gasteiger partial charge in [-0.05, 0) is 19.8 Å². The molecule has 0 atom stereocenters. The molecule has 128 valence electrons. The van der Waals surface area contributed by atoms with E-state index in [1.165, 1.54) is 12.5 Å². The number of carboxylic acid groups (broad SMARTS) is 1. The van der Waals surface area contributed by atoms with E-state index < -0.39 is 23.9 Å². The van der Waals surface area contributed by atoms with Crippen molar-refractivity contribution >= 4 is 17.5 Å². The number of nitrogens with one attached hydrogen (secondary N) is 2. The Labute approximate surface area is 137 Å². The summed E-state index contributed by atoms with van der Waals surface area (Å²) in [7, 11) is 0. The van der Waals surface area contributed by atoms with Crippen molar-refractivity contribution in [2.24, 2.45) is 0 Å². The summed E-state index contributed by atoms with van der Waals surface area (Å²) in [4.78, 5) is 39.7. The van der Waals surface area contributed by atoms with Gasteiger partial charge in [0.2, 0.25) is 0 Å². The average Bonchev–Trinajstić information content (AvgIpc) is 2.93. The second kappa shape index (κ2) is 6.46. The molecule has 1 fully saturated rings. The van der Waals surface area contributed by atoms with Gasteiger partial charge in [-0.2, -0.15) is 0 Å². The molecular formula is C16H20N4O4. The van der Waals surface area contributed by atoms with E-state index in [1.807, 2.05) is 0 Å². The summed E-state index contributed by atoms with van der Waals surface area (Å²) in [5.74, 6) is -1.04. The minimum absolute atomic E-state index is 0.125. The largest absolute Gasteiger partial charge is 0.480 e. The Bertz CT molecular complexity index is 846. The van der Waals surface area contributed by atoms with Gasteiger partial charge < -0.3 is 10.4 Å². The number of pyridine rings is 1. The molecule has 1 aliphatic rings. The van der Waals surface area contributed by atoms with Crippen LogP contribution >= 0.6 is 0 Å². The van der Waals surface area contributed by atoms with Crippen molar-refractivity contribution in [3.63, 3.8) is 0 Å².